The summed E-state index contributed by atoms with van der Waals surface area (Å²) >= 11 is 0. The van der Waals surface area contributed by atoms with Gasteiger partial charge in [-0.15, -0.1) is 0 Å². The Balaban J connectivity index is 5.58. The maximum absolute atomic E-state index is 13.0. The molecule has 0 aliphatic heterocycles. The Morgan fingerprint density at radius 1 is 0.794 bits per heavy atom. The van der Waals surface area contributed by atoms with Crippen LogP contribution in [0.3, 0.4) is 0 Å². The van der Waals surface area contributed by atoms with Gasteiger partial charge in [-0.1, -0.05) is 27.7 Å². The molecule has 4 unspecified atom stereocenters. The first-order chi connectivity index (χ1) is 15.8. The number of carboxylic acid groups (broad SMARTS) is 1. The van der Waals surface area contributed by atoms with Gasteiger partial charge in [0.1, 0.15) is 18.1 Å². The molecule has 0 saturated carbocycles. The molecule has 196 valence electrons. The number of carbonyl (C=O) groups is 5. The van der Waals surface area contributed by atoms with E-state index in [2.05, 4.69) is 16.0 Å². The molecule has 10 N–H and O–H groups in total. The Morgan fingerprint density at radius 3 is 1.74 bits per heavy atom. The molecule has 0 radical (unpaired) electrons. The van der Waals surface area contributed by atoms with Gasteiger partial charge in [-0.2, -0.15) is 0 Å². The van der Waals surface area contributed by atoms with Crippen LogP contribution in [-0.2, 0) is 24.0 Å². The molecule has 0 rings (SSSR count). The maximum atomic E-state index is 13.0. The summed E-state index contributed by atoms with van der Waals surface area (Å²) in [6, 6.07) is -4.20. The number of aliphatic carboxylic acids is 1. The molecular formula is C22H42N6O6. The number of nitrogens with two attached hydrogens (primary N) is 3. The van der Waals surface area contributed by atoms with Crippen LogP contribution < -0.4 is 33.2 Å². The highest BCUT2D eigenvalue weighted by Crippen LogP contribution is 2.09. The predicted molar refractivity (Wildman–Crippen MR) is 127 cm³/mol. The lowest BCUT2D eigenvalue weighted by Crippen LogP contribution is -2.57. The van der Waals surface area contributed by atoms with Gasteiger partial charge < -0.3 is 38.3 Å². The second kappa shape index (κ2) is 16.0. The lowest BCUT2D eigenvalue weighted by molar-refractivity contribution is -0.143. The predicted octanol–water partition coefficient (Wildman–Crippen LogP) is -1.05. The second-order valence-electron chi connectivity index (χ2n) is 9.21. The first-order valence-electron chi connectivity index (χ1n) is 11.7. The summed E-state index contributed by atoms with van der Waals surface area (Å²) in [5, 5.41) is 17.0. The van der Waals surface area contributed by atoms with Crippen LogP contribution in [0.25, 0.3) is 0 Å². The van der Waals surface area contributed by atoms with Crippen LogP contribution in [0.15, 0.2) is 0 Å². The molecule has 0 aromatic heterocycles. The summed E-state index contributed by atoms with van der Waals surface area (Å²) in [6.45, 7) is 7.57. The van der Waals surface area contributed by atoms with Crippen molar-refractivity contribution in [1.29, 1.82) is 0 Å². The minimum absolute atomic E-state index is 0.00707. The maximum Gasteiger partial charge on any atom is 0.326 e. The van der Waals surface area contributed by atoms with E-state index < -0.39 is 53.8 Å². The van der Waals surface area contributed by atoms with Crippen molar-refractivity contribution in [2.75, 3.05) is 6.54 Å². The van der Waals surface area contributed by atoms with E-state index in [-0.39, 0.29) is 37.5 Å². The van der Waals surface area contributed by atoms with Crippen molar-refractivity contribution in [2.45, 2.75) is 90.4 Å². The molecule has 0 bridgehead atoms. The Hall–Kier alpha value is -2.73. The number of hydrogen-bond acceptors (Lipinski definition) is 7. The Morgan fingerprint density at radius 2 is 1.29 bits per heavy atom. The fourth-order valence-corrected chi connectivity index (χ4v) is 3.13. The van der Waals surface area contributed by atoms with Gasteiger partial charge in [-0.3, -0.25) is 19.2 Å². The lowest BCUT2D eigenvalue weighted by Gasteiger charge is -2.26. The van der Waals surface area contributed by atoms with Gasteiger partial charge in [-0.05, 0) is 50.5 Å². The fraction of sp³-hybridized carbons (Fsp3) is 0.773. The number of rotatable bonds is 17. The number of carboxylic acids is 1. The monoisotopic (exact) mass is 486 g/mol. The number of amides is 4. The van der Waals surface area contributed by atoms with Crippen molar-refractivity contribution < 1.29 is 29.1 Å². The Labute approximate surface area is 201 Å². The zero-order chi connectivity index (χ0) is 26.4. The van der Waals surface area contributed by atoms with Crippen LogP contribution in [0, 0.1) is 11.8 Å². The van der Waals surface area contributed by atoms with Crippen molar-refractivity contribution in [2.24, 2.45) is 29.0 Å². The number of primary amides is 1. The normalized spacial score (nSPS) is 14.7. The van der Waals surface area contributed by atoms with E-state index in [4.69, 9.17) is 17.2 Å². The van der Waals surface area contributed by atoms with E-state index in [0.29, 0.717) is 19.4 Å². The lowest BCUT2D eigenvalue weighted by atomic mass is 10.0. The molecule has 0 heterocycles. The topological polar surface area (TPSA) is 220 Å². The number of hydrogen-bond donors (Lipinski definition) is 7. The molecule has 4 atom stereocenters. The summed E-state index contributed by atoms with van der Waals surface area (Å²) in [7, 11) is 0. The minimum Gasteiger partial charge on any atom is -0.480 e. The molecule has 0 saturated heterocycles. The summed E-state index contributed by atoms with van der Waals surface area (Å²) in [4.78, 5) is 61.1. The minimum atomic E-state index is -1.22. The third-order valence-corrected chi connectivity index (χ3v) is 5.23. The molecule has 0 aliphatic rings. The second-order valence-corrected chi connectivity index (χ2v) is 9.21. The Bertz CT molecular complexity index is 699. The summed E-state index contributed by atoms with van der Waals surface area (Å²) in [6.07, 6.45) is 1.27. The standard InChI is InChI=1S/C22H42N6O6/c1-12(2)11-16(22(33)34)28-20(31)15(8-9-17(24)29)26-19(30)14(7-5-6-10-23)27-21(32)18(25)13(3)4/h12-16,18H,5-11,23,25H2,1-4H3,(H2,24,29)(H,26,30)(H,27,32)(H,28,31)(H,33,34). The SMILES string of the molecule is CC(C)CC(NC(=O)C(CCC(N)=O)NC(=O)C(CCCCN)NC(=O)C(N)C(C)C)C(=O)O. The van der Waals surface area contributed by atoms with Crippen LogP contribution in [0.1, 0.15) is 66.2 Å². The fourth-order valence-electron chi connectivity index (χ4n) is 3.13. The number of carbonyl (C=O) groups excluding carboxylic acids is 4. The van der Waals surface area contributed by atoms with Crippen molar-refractivity contribution in [3.05, 3.63) is 0 Å². The van der Waals surface area contributed by atoms with Gasteiger partial charge in [0.25, 0.3) is 0 Å². The van der Waals surface area contributed by atoms with Crippen LogP contribution >= 0.6 is 0 Å². The van der Waals surface area contributed by atoms with Crippen LogP contribution in [0.5, 0.6) is 0 Å². The van der Waals surface area contributed by atoms with Crippen molar-refractivity contribution in [1.82, 2.24) is 16.0 Å². The highest BCUT2D eigenvalue weighted by molar-refractivity contribution is 5.94. The van der Waals surface area contributed by atoms with E-state index in [1.807, 2.05) is 13.8 Å². The van der Waals surface area contributed by atoms with Gasteiger partial charge in [0, 0.05) is 6.42 Å². The zero-order valence-electron chi connectivity index (χ0n) is 20.6. The average Bonchev–Trinajstić information content (AvgIpc) is 2.73. The quantitative estimate of drug-likeness (QED) is 0.125. The third kappa shape index (κ3) is 12.5. The zero-order valence-corrected chi connectivity index (χ0v) is 20.6. The van der Waals surface area contributed by atoms with Gasteiger partial charge in [0.2, 0.25) is 23.6 Å². The van der Waals surface area contributed by atoms with Gasteiger partial charge in [-0.25, -0.2) is 4.79 Å². The molecular weight excluding hydrogens is 444 g/mol. The van der Waals surface area contributed by atoms with E-state index >= 15 is 0 Å². The molecule has 34 heavy (non-hydrogen) atoms. The summed E-state index contributed by atoms with van der Waals surface area (Å²) in [5.74, 6) is -3.97. The van der Waals surface area contributed by atoms with Gasteiger partial charge in [0.15, 0.2) is 0 Å². The van der Waals surface area contributed by atoms with Gasteiger partial charge >= 0.3 is 5.97 Å². The van der Waals surface area contributed by atoms with E-state index in [1.165, 1.54) is 0 Å². The van der Waals surface area contributed by atoms with Crippen molar-refractivity contribution in [3.8, 4) is 0 Å². The molecule has 12 nitrogen and oxygen atoms in total. The summed E-state index contributed by atoms with van der Waals surface area (Å²) in [5.41, 5.74) is 16.6. The molecule has 12 heteroatoms. The van der Waals surface area contributed by atoms with Crippen molar-refractivity contribution in [3.63, 3.8) is 0 Å². The average molecular weight is 487 g/mol. The number of nitrogens with one attached hydrogen (secondary N) is 3. The Kier molecular flexibility index (Phi) is 14.7. The van der Waals surface area contributed by atoms with Crippen LogP contribution in [-0.4, -0.2) is 65.4 Å². The third-order valence-electron chi connectivity index (χ3n) is 5.23. The molecule has 4 amide bonds. The van der Waals surface area contributed by atoms with Crippen molar-refractivity contribution >= 4 is 29.6 Å². The largest absolute Gasteiger partial charge is 0.480 e. The van der Waals surface area contributed by atoms with Gasteiger partial charge in [0.05, 0.1) is 6.04 Å². The first-order valence-corrected chi connectivity index (χ1v) is 11.7. The first kappa shape index (κ1) is 31.3. The van der Waals surface area contributed by atoms with Crippen LogP contribution in [0.4, 0.5) is 0 Å². The molecule has 0 aromatic rings. The van der Waals surface area contributed by atoms with Crippen LogP contribution in [0.2, 0.25) is 0 Å². The molecule has 0 aliphatic carbocycles. The highest BCUT2D eigenvalue weighted by Gasteiger charge is 2.31. The molecule has 0 aromatic carbocycles. The number of unbranched alkanes of at least 4 members (excludes halogenated alkanes) is 1. The van der Waals surface area contributed by atoms with E-state index in [0.717, 1.165) is 0 Å². The smallest absolute Gasteiger partial charge is 0.326 e. The van der Waals surface area contributed by atoms with E-state index in [9.17, 15) is 29.1 Å². The molecule has 0 spiro atoms. The summed E-state index contributed by atoms with van der Waals surface area (Å²) < 4.78 is 0. The van der Waals surface area contributed by atoms with E-state index in [1.54, 1.807) is 13.8 Å². The molecule has 0 fully saturated rings. The highest BCUT2D eigenvalue weighted by atomic mass is 16.4.